The molecule has 0 heterocycles. The molecule has 1 unspecified atom stereocenters. The van der Waals surface area contributed by atoms with Gasteiger partial charge in [-0.3, -0.25) is 4.79 Å². The number of rotatable bonds is 6. The summed E-state index contributed by atoms with van der Waals surface area (Å²) in [6.07, 6.45) is 1.54. The van der Waals surface area contributed by atoms with E-state index in [4.69, 9.17) is 5.11 Å². The zero-order chi connectivity index (χ0) is 10.8. The van der Waals surface area contributed by atoms with Crippen molar-refractivity contribution >= 4 is 16.2 Å². The molecule has 0 bridgehead atoms. The zero-order valence-electron chi connectivity index (χ0n) is 7.86. The normalized spacial score (nSPS) is 19.2. The molecule has 0 spiro atoms. The summed E-state index contributed by atoms with van der Waals surface area (Å²) in [6.45, 7) is 1.87. The molecule has 1 aliphatic carbocycles. The Balaban J connectivity index is 2.59. The van der Waals surface area contributed by atoms with Gasteiger partial charge < -0.3 is 5.11 Å². The maximum atomic E-state index is 11.2. The minimum atomic E-state index is -3.66. The lowest BCUT2D eigenvalue weighted by atomic mass is 10.2. The third kappa shape index (κ3) is 3.24. The number of carbonyl (C=O) groups is 1. The van der Waals surface area contributed by atoms with Gasteiger partial charge in [-0.15, -0.1) is 0 Å². The van der Waals surface area contributed by atoms with Crippen molar-refractivity contribution < 1.29 is 18.3 Å². The summed E-state index contributed by atoms with van der Waals surface area (Å²) in [5.74, 6) is -1.17. The van der Waals surface area contributed by atoms with Gasteiger partial charge in [0.25, 0.3) is 10.2 Å². The van der Waals surface area contributed by atoms with E-state index in [1.807, 2.05) is 0 Å². The molecule has 1 saturated carbocycles. The van der Waals surface area contributed by atoms with Crippen LogP contribution in [0.4, 0.5) is 0 Å². The van der Waals surface area contributed by atoms with Gasteiger partial charge in [-0.1, -0.05) is 6.92 Å². The molecule has 0 amide bonds. The van der Waals surface area contributed by atoms with Crippen LogP contribution in [0.3, 0.4) is 0 Å². The summed E-state index contributed by atoms with van der Waals surface area (Å²) < 4.78 is 26.7. The van der Waals surface area contributed by atoms with Gasteiger partial charge in [-0.2, -0.15) is 13.1 Å². The maximum absolute atomic E-state index is 11.2. The van der Waals surface area contributed by atoms with Crippen LogP contribution in [0, 0.1) is 5.92 Å². The summed E-state index contributed by atoms with van der Waals surface area (Å²) in [7, 11) is -3.66. The molecule has 1 fully saturated rings. The highest BCUT2D eigenvalue weighted by atomic mass is 32.2. The van der Waals surface area contributed by atoms with E-state index in [1.165, 1.54) is 0 Å². The molecule has 0 radical (unpaired) electrons. The molecule has 0 aromatic rings. The Morgan fingerprint density at radius 3 is 2.50 bits per heavy atom. The first kappa shape index (κ1) is 11.4. The third-order valence-corrected chi connectivity index (χ3v) is 3.21. The van der Waals surface area contributed by atoms with Gasteiger partial charge in [0.1, 0.15) is 6.04 Å². The monoisotopic (exact) mass is 222 g/mol. The lowest BCUT2D eigenvalue weighted by Crippen LogP contribution is -2.47. The van der Waals surface area contributed by atoms with Crippen molar-refractivity contribution in [3.05, 3.63) is 0 Å². The Morgan fingerprint density at radius 1 is 1.57 bits per heavy atom. The highest BCUT2D eigenvalue weighted by Crippen LogP contribution is 2.32. The molecule has 82 valence electrons. The van der Waals surface area contributed by atoms with Crippen LogP contribution in [-0.2, 0) is 15.0 Å². The predicted molar refractivity (Wildman–Crippen MR) is 49.9 cm³/mol. The minimum absolute atomic E-state index is 0.0547. The van der Waals surface area contributed by atoms with Gasteiger partial charge >= 0.3 is 5.97 Å². The fourth-order valence-electron chi connectivity index (χ4n) is 1.18. The molecule has 0 aliphatic heterocycles. The SMILES string of the molecule is CCNS(=O)(=O)NC(C(=O)O)C1CC1. The second-order valence-corrected chi connectivity index (χ2v) is 4.80. The van der Waals surface area contributed by atoms with E-state index in [0.717, 1.165) is 12.8 Å². The molecular weight excluding hydrogens is 208 g/mol. The van der Waals surface area contributed by atoms with Crippen LogP contribution in [0.2, 0.25) is 0 Å². The van der Waals surface area contributed by atoms with E-state index >= 15 is 0 Å². The lowest BCUT2D eigenvalue weighted by Gasteiger charge is -2.13. The highest BCUT2D eigenvalue weighted by Gasteiger charge is 2.38. The molecule has 0 aromatic heterocycles. The number of hydrogen-bond donors (Lipinski definition) is 3. The Kier molecular flexibility index (Phi) is 3.46. The Hall–Kier alpha value is -0.660. The zero-order valence-corrected chi connectivity index (χ0v) is 8.67. The van der Waals surface area contributed by atoms with E-state index in [0.29, 0.717) is 0 Å². The van der Waals surface area contributed by atoms with Crippen molar-refractivity contribution in [1.82, 2.24) is 9.44 Å². The van der Waals surface area contributed by atoms with Crippen molar-refractivity contribution in [3.8, 4) is 0 Å². The highest BCUT2D eigenvalue weighted by molar-refractivity contribution is 7.87. The molecule has 7 heteroatoms. The summed E-state index contributed by atoms with van der Waals surface area (Å²) in [5.41, 5.74) is 0. The van der Waals surface area contributed by atoms with Gasteiger partial charge in [0.15, 0.2) is 0 Å². The van der Waals surface area contributed by atoms with Crippen molar-refractivity contribution in [1.29, 1.82) is 0 Å². The van der Waals surface area contributed by atoms with Crippen LogP contribution >= 0.6 is 0 Å². The molecule has 1 atom stereocenters. The number of aliphatic carboxylic acids is 1. The van der Waals surface area contributed by atoms with E-state index in [1.54, 1.807) is 6.92 Å². The predicted octanol–water partition coefficient (Wildman–Crippen LogP) is -0.706. The molecule has 0 aromatic carbocycles. The average molecular weight is 222 g/mol. The first-order chi connectivity index (χ1) is 6.46. The van der Waals surface area contributed by atoms with Crippen molar-refractivity contribution in [2.45, 2.75) is 25.8 Å². The van der Waals surface area contributed by atoms with Crippen LogP contribution in [0.15, 0.2) is 0 Å². The third-order valence-electron chi connectivity index (χ3n) is 1.98. The van der Waals surface area contributed by atoms with Gasteiger partial charge in [-0.25, -0.2) is 4.72 Å². The Morgan fingerprint density at radius 2 is 2.14 bits per heavy atom. The number of hydrogen-bond acceptors (Lipinski definition) is 3. The van der Waals surface area contributed by atoms with E-state index in [-0.39, 0.29) is 12.5 Å². The molecule has 0 saturated heterocycles. The quantitative estimate of drug-likeness (QED) is 0.553. The second kappa shape index (κ2) is 4.24. The van der Waals surface area contributed by atoms with E-state index in [9.17, 15) is 13.2 Å². The van der Waals surface area contributed by atoms with Crippen molar-refractivity contribution in [2.75, 3.05) is 6.54 Å². The van der Waals surface area contributed by atoms with Crippen LogP contribution in [0.5, 0.6) is 0 Å². The van der Waals surface area contributed by atoms with Crippen molar-refractivity contribution in [3.63, 3.8) is 0 Å². The summed E-state index contributed by atoms with van der Waals surface area (Å²) in [4.78, 5) is 10.7. The molecule has 6 nitrogen and oxygen atoms in total. The number of carboxylic acids is 1. The Bertz CT molecular complexity index is 310. The molecule has 1 aliphatic rings. The van der Waals surface area contributed by atoms with E-state index < -0.39 is 22.2 Å². The summed E-state index contributed by atoms with van der Waals surface area (Å²) in [5, 5.41) is 8.76. The molecule has 1 rings (SSSR count). The first-order valence-electron chi connectivity index (χ1n) is 4.46. The fourth-order valence-corrected chi connectivity index (χ4v) is 2.27. The average Bonchev–Trinajstić information content (AvgIpc) is 2.82. The lowest BCUT2D eigenvalue weighted by molar-refractivity contribution is -0.139. The minimum Gasteiger partial charge on any atom is -0.480 e. The number of carboxylic acid groups (broad SMARTS) is 1. The van der Waals surface area contributed by atoms with E-state index in [2.05, 4.69) is 9.44 Å². The second-order valence-electron chi connectivity index (χ2n) is 3.27. The first-order valence-corrected chi connectivity index (χ1v) is 5.94. The van der Waals surface area contributed by atoms with Gasteiger partial charge in [0.2, 0.25) is 0 Å². The standard InChI is InChI=1S/C7H14N2O4S/c1-2-8-14(12,13)9-6(7(10)11)5-3-4-5/h5-6,8-9H,2-4H2,1H3,(H,10,11). The summed E-state index contributed by atoms with van der Waals surface area (Å²) >= 11 is 0. The Labute approximate surface area is 82.9 Å². The number of nitrogens with one attached hydrogen (secondary N) is 2. The smallest absolute Gasteiger partial charge is 0.322 e. The van der Waals surface area contributed by atoms with Crippen LogP contribution in [-0.4, -0.2) is 32.1 Å². The van der Waals surface area contributed by atoms with Gasteiger partial charge in [-0.05, 0) is 18.8 Å². The van der Waals surface area contributed by atoms with Crippen LogP contribution in [0.1, 0.15) is 19.8 Å². The maximum Gasteiger partial charge on any atom is 0.322 e. The molecule has 14 heavy (non-hydrogen) atoms. The molecular formula is C7H14N2O4S. The van der Waals surface area contributed by atoms with Gasteiger partial charge in [0, 0.05) is 6.54 Å². The van der Waals surface area contributed by atoms with Gasteiger partial charge in [0.05, 0.1) is 0 Å². The van der Waals surface area contributed by atoms with Crippen LogP contribution in [0.25, 0.3) is 0 Å². The van der Waals surface area contributed by atoms with Crippen molar-refractivity contribution in [2.24, 2.45) is 5.92 Å². The summed E-state index contributed by atoms with van der Waals surface area (Å²) in [6, 6.07) is -0.987. The largest absolute Gasteiger partial charge is 0.480 e. The van der Waals surface area contributed by atoms with Crippen LogP contribution < -0.4 is 9.44 Å². The topological polar surface area (TPSA) is 95.5 Å². The fraction of sp³-hybridized carbons (Fsp3) is 0.857. The molecule has 3 N–H and O–H groups in total.